The summed E-state index contributed by atoms with van der Waals surface area (Å²) in [6.07, 6.45) is 3.22. The molecule has 1 rings (SSSR count). The number of hydrogen-bond donors (Lipinski definition) is 1. The van der Waals surface area contributed by atoms with Crippen LogP contribution in [0.5, 0.6) is 0 Å². The third-order valence-corrected chi connectivity index (χ3v) is 3.99. The zero-order valence-corrected chi connectivity index (χ0v) is 14.7. The van der Waals surface area contributed by atoms with Gasteiger partial charge in [-0.2, -0.15) is 0 Å². The van der Waals surface area contributed by atoms with E-state index in [1.807, 2.05) is 0 Å². The molecule has 0 radical (unpaired) electrons. The smallest absolute Gasteiger partial charge is 0.147 e. The van der Waals surface area contributed by atoms with Crippen LogP contribution in [-0.2, 0) is 0 Å². The molecule has 1 aliphatic rings. The molecule has 0 saturated heterocycles. The molecular weight excluding hydrogens is 316 g/mol. The maximum atomic E-state index is 4.72. The van der Waals surface area contributed by atoms with Crippen LogP contribution in [0.25, 0.3) is 0 Å². The van der Waals surface area contributed by atoms with Gasteiger partial charge >= 0.3 is 0 Å². The van der Waals surface area contributed by atoms with Crippen molar-refractivity contribution in [1.82, 2.24) is 15.3 Å². The van der Waals surface area contributed by atoms with E-state index in [2.05, 4.69) is 71.7 Å². The molecule has 20 heavy (non-hydrogen) atoms. The van der Waals surface area contributed by atoms with Gasteiger partial charge in [-0.1, -0.05) is 35.5 Å². The van der Waals surface area contributed by atoms with Crippen LogP contribution in [0.3, 0.4) is 0 Å². The Balaban J connectivity index is 3.16. The van der Waals surface area contributed by atoms with Crippen LogP contribution < -0.4 is 5.32 Å². The molecule has 0 aliphatic carbocycles. The zero-order chi connectivity index (χ0) is 15.1. The lowest BCUT2D eigenvalue weighted by atomic mass is 10.1. The molecule has 5 heteroatoms. The summed E-state index contributed by atoms with van der Waals surface area (Å²) in [6.45, 7) is 14.0. The second-order valence-electron chi connectivity index (χ2n) is 4.81. The number of alkyl halides is 1. The molecule has 0 fully saturated rings. The van der Waals surface area contributed by atoms with Gasteiger partial charge in [0.2, 0.25) is 0 Å². The quantitative estimate of drug-likeness (QED) is 0.753. The van der Waals surface area contributed by atoms with Gasteiger partial charge in [-0.25, -0.2) is 5.01 Å². The summed E-state index contributed by atoms with van der Waals surface area (Å²) in [5, 5.41) is 7.78. The highest BCUT2D eigenvalue weighted by Crippen LogP contribution is 2.22. The number of nitrogens with one attached hydrogen (secondary N) is 1. The summed E-state index contributed by atoms with van der Waals surface area (Å²) >= 11 is 3.75. The third-order valence-electron chi connectivity index (χ3n) is 3.33. The van der Waals surface area contributed by atoms with Crippen molar-refractivity contribution in [2.24, 2.45) is 4.99 Å². The summed E-state index contributed by atoms with van der Waals surface area (Å²) in [5.74, 6) is 1.02. The molecule has 0 aromatic rings. The largest absolute Gasteiger partial charge is 0.385 e. The van der Waals surface area contributed by atoms with Crippen LogP contribution >= 0.6 is 15.9 Å². The molecule has 4 nitrogen and oxygen atoms in total. The number of nitrogens with zero attached hydrogens (tertiary/aromatic N) is 3. The van der Waals surface area contributed by atoms with E-state index in [0.29, 0.717) is 4.83 Å². The summed E-state index contributed by atoms with van der Waals surface area (Å²) in [5.41, 5.74) is 2.08. The van der Waals surface area contributed by atoms with Gasteiger partial charge in [-0.15, -0.1) is 0 Å². The fraction of sp³-hybridized carbons (Fsp3) is 0.667. The number of allylic oxidation sites excluding steroid dienone is 1. The Labute approximate surface area is 131 Å². The van der Waals surface area contributed by atoms with Gasteiger partial charge < -0.3 is 5.32 Å². The minimum atomic E-state index is 0.422. The fourth-order valence-corrected chi connectivity index (χ4v) is 2.64. The number of likely N-dealkylation sites (N-methyl/N-ethyl adjacent to an activating group) is 1. The number of hydrazine groups is 1. The molecule has 1 atom stereocenters. The summed E-state index contributed by atoms with van der Waals surface area (Å²) in [4.78, 5) is 5.15. The number of hydrogen-bond acceptors (Lipinski definition) is 3. The molecule has 0 saturated carbocycles. The van der Waals surface area contributed by atoms with E-state index in [9.17, 15) is 0 Å². The van der Waals surface area contributed by atoms with Crippen LogP contribution in [0.2, 0.25) is 0 Å². The lowest BCUT2D eigenvalue weighted by molar-refractivity contribution is 0.0855. The second-order valence-corrected chi connectivity index (χ2v) is 6.11. The van der Waals surface area contributed by atoms with Crippen LogP contribution in [0.4, 0.5) is 0 Å². The highest BCUT2D eigenvalue weighted by atomic mass is 79.9. The van der Waals surface area contributed by atoms with Crippen LogP contribution in [0.1, 0.15) is 27.2 Å². The van der Waals surface area contributed by atoms with Crippen LogP contribution in [0, 0.1) is 0 Å². The lowest BCUT2D eigenvalue weighted by Crippen LogP contribution is -2.47. The fourth-order valence-electron chi connectivity index (χ4n) is 2.18. The Morgan fingerprint density at radius 1 is 1.55 bits per heavy atom. The van der Waals surface area contributed by atoms with E-state index in [4.69, 9.17) is 4.99 Å². The Kier molecular flexibility index (Phi) is 7.30. The average molecular weight is 343 g/mol. The minimum Gasteiger partial charge on any atom is -0.385 e. The minimum absolute atomic E-state index is 0.422. The van der Waals surface area contributed by atoms with E-state index in [1.165, 1.54) is 0 Å². The lowest BCUT2D eigenvalue weighted by Gasteiger charge is -2.35. The predicted molar refractivity (Wildman–Crippen MR) is 91.2 cm³/mol. The van der Waals surface area contributed by atoms with Crippen molar-refractivity contribution in [2.75, 3.05) is 33.2 Å². The Hall–Kier alpha value is -0.810. The Bertz CT molecular complexity index is 389. The van der Waals surface area contributed by atoms with Gasteiger partial charge in [0.1, 0.15) is 5.84 Å². The molecular formula is C15H27BrN4. The van der Waals surface area contributed by atoms with Gasteiger partial charge in [-0.3, -0.25) is 10.0 Å². The van der Waals surface area contributed by atoms with E-state index < -0.39 is 0 Å². The average Bonchev–Trinajstić information content (AvgIpc) is 2.58. The summed E-state index contributed by atoms with van der Waals surface area (Å²) < 4.78 is 0. The Morgan fingerprint density at radius 3 is 2.80 bits per heavy atom. The van der Waals surface area contributed by atoms with Gasteiger partial charge in [0, 0.05) is 49.3 Å². The van der Waals surface area contributed by atoms with E-state index in [-0.39, 0.29) is 0 Å². The molecule has 114 valence electrons. The molecule has 1 N–H and O–H groups in total. The second kappa shape index (κ2) is 8.47. The molecule has 1 aliphatic heterocycles. The van der Waals surface area contributed by atoms with Crippen molar-refractivity contribution in [2.45, 2.75) is 32.0 Å². The molecule has 0 amide bonds. The first-order valence-corrected chi connectivity index (χ1v) is 8.27. The topological polar surface area (TPSA) is 30.9 Å². The van der Waals surface area contributed by atoms with E-state index >= 15 is 0 Å². The maximum Gasteiger partial charge on any atom is 0.147 e. The van der Waals surface area contributed by atoms with Gasteiger partial charge in [0.15, 0.2) is 0 Å². The van der Waals surface area contributed by atoms with Gasteiger partial charge in [-0.05, 0) is 20.3 Å². The summed E-state index contributed by atoms with van der Waals surface area (Å²) in [6, 6.07) is 0. The molecule has 1 heterocycles. The van der Waals surface area contributed by atoms with Crippen molar-refractivity contribution in [3.05, 3.63) is 23.9 Å². The van der Waals surface area contributed by atoms with E-state index in [1.54, 1.807) is 0 Å². The monoisotopic (exact) mass is 342 g/mol. The van der Waals surface area contributed by atoms with E-state index in [0.717, 1.165) is 49.7 Å². The number of rotatable bonds is 6. The third kappa shape index (κ3) is 4.35. The van der Waals surface area contributed by atoms with Crippen molar-refractivity contribution < 1.29 is 0 Å². The summed E-state index contributed by atoms with van der Waals surface area (Å²) in [7, 11) is 2.10. The number of aliphatic imine (C=N–C) groups is 1. The van der Waals surface area contributed by atoms with Gasteiger partial charge in [0.05, 0.1) is 0 Å². The molecule has 1 unspecified atom stereocenters. The first kappa shape index (κ1) is 17.2. The first-order valence-electron chi connectivity index (χ1n) is 7.35. The van der Waals surface area contributed by atoms with Crippen molar-refractivity contribution in [3.8, 4) is 0 Å². The molecule has 0 spiro atoms. The first-order chi connectivity index (χ1) is 9.54. The predicted octanol–water partition coefficient (Wildman–Crippen LogP) is 2.79. The highest BCUT2D eigenvalue weighted by molar-refractivity contribution is 9.09. The van der Waals surface area contributed by atoms with Crippen molar-refractivity contribution in [1.29, 1.82) is 0 Å². The standard InChI is InChI=1S/C15H27BrN4/c1-6-17-12(4)14-10-9-13(16)11-20(19(5)8-3)15(14)18-7-2/h10,13,17H,4,6-9,11H2,1-3,5H3. The SMILES string of the molecule is C=C(NCC)C1=CCC(Br)CN(N(C)CC)C1=NCC. The van der Waals surface area contributed by atoms with Crippen LogP contribution in [-0.4, -0.2) is 53.9 Å². The van der Waals surface area contributed by atoms with Gasteiger partial charge in [0.25, 0.3) is 0 Å². The number of amidine groups is 1. The molecule has 0 bridgehead atoms. The normalized spacial score (nSPS) is 21.9. The zero-order valence-electron chi connectivity index (χ0n) is 13.1. The van der Waals surface area contributed by atoms with Crippen LogP contribution in [0.15, 0.2) is 28.9 Å². The molecule has 0 aromatic carbocycles. The Morgan fingerprint density at radius 2 is 2.25 bits per heavy atom. The maximum absolute atomic E-state index is 4.72. The molecule has 0 aromatic heterocycles. The highest BCUT2D eigenvalue weighted by Gasteiger charge is 2.26. The van der Waals surface area contributed by atoms with Crippen molar-refractivity contribution in [3.63, 3.8) is 0 Å². The van der Waals surface area contributed by atoms with Crippen molar-refractivity contribution >= 4 is 21.8 Å². The number of halogens is 1.